The van der Waals surface area contributed by atoms with Crippen molar-refractivity contribution in [1.82, 2.24) is 14.3 Å². The zero-order chi connectivity index (χ0) is 12.3. The van der Waals surface area contributed by atoms with Gasteiger partial charge in [-0.2, -0.15) is 0 Å². The Kier molecular flexibility index (Phi) is 3.76. The first-order chi connectivity index (χ1) is 8.16. The van der Waals surface area contributed by atoms with Gasteiger partial charge in [0.25, 0.3) is 0 Å². The highest BCUT2D eigenvalue weighted by molar-refractivity contribution is 5.39. The summed E-state index contributed by atoms with van der Waals surface area (Å²) in [5, 5.41) is 9.25. The van der Waals surface area contributed by atoms with Crippen molar-refractivity contribution in [3.8, 4) is 0 Å². The lowest BCUT2D eigenvalue weighted by atomic mass is 10.2. The van der Waals surface area contributed by atoms with Crippen LogP contribution in [-0.2, 0) is 6.54 Å². The van der Waals surface area contributed by atoms with Crippen molar-refractivity contribution in [3.63, 3.8) is 0 Å². The number of rotatable bonds is 5. The molecule has 0 saturated carbocycles. The highest BCUT2D eigenvalue weighted by atomic mass is 16.3. The predicted molar refractivity (Wildman–Crippen MR) is 67.8 cm³/mol. The molecule has 0 spiro atoms. The van der Waals surface area contributed by atoms with E-state index in [1.807, 2.05) is 37.5 Å². The predicted octanol–water partition coefficient (Wildman–Crippen LogP) is 1.54. The molecule has 4 nitrogen and oxygen atoms in total. The van der Waals surface area contributed by atoms with Gasteiger partial charge in [-0.25, -0.2) is 4.98 Å². The van der Waals surface area contributed by atoms with Crippen LogP contribution < -0.4 is 0 Å². The van der Waals surface area contributed by atoms with Crippen molar-refractivity contribution in [1.29, 1.82) is 0 Å². The molecule has 0 bridgehead atoms. The molecule has 0 radical (unpaired) electrons. The van der Waals surface area contributed by atoms with Gasteiger partial charge in [-0.15, -0.1) is 0 Å². The SMILES string of the molecule is CC(O)CCN(C)Cc1cnc2ccccn12. The van der Waals surface area contributed by atoms with Crippen molar-refractivity contribution < 1.29 is 5.11 Å². The van der Waals surface area contributed by atoms with Gasteiger partial charge in [0.05, 0.1) is 18.0 Å². The second-order valence-electron chi connectivity index (χ2n) is 4.55. The summed E-state index contributed by atoms with van der Waals surface area (Å²) in [5.41, 5.74) is 2.15. The van der Waals surface area contributed by atoms with Gasteiger partial charge in [-0.1, -0.05) is 6.07 Å². The fourth-order valence-corrected chi connectivity index (χ4v) is 1.86. The zero-order valence-corrected chi connectivity index (χ0v) is 10.4. The standard InChI is InChI=1S/C13H19N3O/c1-11(17)6-8-15(2)10-12-9-14-13-5-3-4-7-16(12)13/h3-5,7,9,11,17H,6,8,10H2,1-2H3. The number of fused-ring (bicyclic) bond motifs is 1. The Morgan fingerprint density at radius 2 is 2.29 bits per heavy atom. The highest BCUT2D eigenvalue weighted by Gasteiger charge is 2.06. The molecule has 0 amide bonds. The topological polar surface area (TPSA) is 40.8 Å². The van der Waals surface area contributed by atoms with Crippen LogP contribution in [0.5, 0.6) is 0 Å². The molecule has 0 saturated heterocycles. The largest absolute Gasteiger partial charge is 0.393 e. The monoisotopic (exact) mass is 233 g/mol. The smallest absolute Gasteiger partial charge is 0.136 e. The van der Waals surface area contributed by atoms with E-state index in [1.54, 1.807) is 0 Å². The number of imidazole rings is 1. The van der Waals surface area contributed by atoms with Gasteiger partial charge in [0.1, 0.15) is 5.65 Å². The molecule has 0 aromatic carbocycles. The number of pyridine rings is 1. The average molecular weight is 233 g/mol. The molecule has 2 aromatic heterocycles. The fraction of sp³-hybridized carbons (Fsp3) is 0.462. The van der Waals surface area contributed by atoms with E-state index in [1.165, 1.54) is 5.69 Å². The normalized spacial score (nSPS) is 13.4. The van der Waals surface area contributed by atoms with Crippen LogP contribution in [0.1, 0.15) is 19.0 Å². The zero-order valence-electron chi connectivity index (χ0n) is 10.4. The van der Waals surface area contributed by atoms with Crippen LogP contribution >= 0.6 is 0 Å². The minimum absolute atomic E-state index is 0.236. The lowest BCUT2D eigenvalue weighted by Crippen LogP contribution is -2.22. The first-order valence-electron chi connectivity index (χ1n) is 5.94. The first-order valence-corrected chi connectivity index (χ1v) is 5.94. The van der Waals surface area contributed by atoms with Crippen LogP contribution in [0.15, 0.2) is 30.6 Å². The Hall–Kier alpha value is -1.39. The molecule has 2 aromatic rings. The number of aliphatic hydroxyl groups excluding tert-OH is 1. The van der Waals surface area contributed by atoms with Gasteiger partial charge in [-0.05, 0) is 32.5 Å². The third-order valence-corrected chi connectivity index (χ3v) is 2.85. The molecule has 2 heterocycles. The van der Waals surface area contributed by atoms with Crippen molar-refractivity contribution in [2.24, 2.45) is 0 Å². The Bertz CT molecular complexity index is 478. The van der Waals surface area contributed by atoms with E-state index in [4.69, 9.17) is 0 Å². The van der Waals surface area contributed by atoms with E-state index >= 15 is 0 Å². The number of hydrogen-bond donors (Lipinski definition) is 1. The molecule has 1 unspecified atom stereocenters. The van der Waals surface area contributed by atoms with Gasteiger partial charge < -0.3 is 14.4 Å². The second kappa shape index (κ2) is 5.29. The fourth-order valence-electron chi connectivity index (χ4n) is 1.86. The van der Waals surface area contributed by atoms with Gasteiger partial charge in [-0.3, -0.25) is 0 Å². The Labute approximate surface area is 102 Å². The summed E-state index contributed by atoms with van der Waals surface area (Å²) < 4.78 is 2.10. The molecule has 0 fully saturated rings. The lowest BCUT2D eigenvalue weighted by molar-refractivity contribution is 0.162. The molecule has 4 heteroatoms. The van der Waals surface area contributed by atoms with E-state index in [0.29, 0.717) is 0 Å². The summed E-state index contributed by atoms with van der Waals surface area (Å²) in [6.07, 6.45) is 4.50. The minimum Gasteiger partial charge on any atom is -0.393 e. The minimum atomic E-state index is -0.236. The third kappa shape index (κ3) is 3.05. The third-order valence-electron chi connectivity index (χ3n) is 2.85. The number of hydrogen-bond acceptors (Lipinski definition) is 3. The van der Waals surface area contributed by atoms with E-state index in [0.717, 1.165) is 25.2 Å². The first kappa shape index (κ1) is 12.1. The van der Waals surface area contributed by atoms with Gasteiger partial charge in [0.2, 0.25) is 0 Å². The quantitative estimate of drug-likeness (QED) is 0.851. The van der Waals surface area contributed by atoms with E-state index in [9.17, 15) is 5.11 Å². The molecule has 0 aliphatic heterocycles. The van der Waals surface area contributed by atoms with Crippen LogP contribution in [0.25, 0.3) is 5.65 Å². The lowest BCUT2D eigenvalue weighted by Gasteiger charge is -2.17. The molecular formula is C13H19N3O. The number of aromatic nitrogens is 2. The summed E-state index contributed by atoms with van der Waals surface area (Å²) in [5.74, 6) is 0. The number of nitrogens with zero attached hydrogens (tertiary/aromatic N) is 3. The molecule has 92 valence electrons. The summed E-state index contributed by atoms with van der Waals surface area (Å²) in [6.45, 7) is 3.55. The summed E-state index contributed by atoms with van der Waals surface area (Å²) >= 11 is 0. The van der Waals surface area contributed by atoms with Crippen molar-refractivity contribution in [2.75, 3.05) is 13.6 Å². The van der Waals surface area contributed by atoms with Crippen LogP contribution in [0.4, 0.5) is 0 Å². The van der Waals surface area contributed by atoms with Gasteiger partial charge >= 0.3 is 0 Å². The van der Waals surface area contributed by atoms with Crippen molar-refractivity contribution >= 4 is 5.65 Å². The van der Waals surface area contributed by atoms with Crippen LogP contribution in [-0.4, -0.2) is 39.1 Å². The summed E-state index contributed by atoms with van der Waals surface area (Å²) in [4.78, 5) is 6.55. The van der Waals surface area contributed by atoms with Crippen LogP contribution in [0.2, 0.25) is 0 Å². The molecule has 0 aliphatic rings. The molecular weight excluding hydrogens is 214 g/mol. The Balaban J connectivity index is 2.03. The van der Waals surface area contributed by atoms with Gasteiger partial charge in [0, 0.05) is 19.3 Å². The van der Waals surface area contributed by atoms with Crippen molar-refractivity contribution in [3.05, 3.63) is 36.3 Å². The molecule has 0 aliphatic carbocycles. The highest BCUT2D eigenvalue weighted by Crippen LogP contribution is 2.08. The summed E-state index contributed by atoms with van der Waals surface area (Å²) in [7, 11) is 2.06. The van der Waals surface area contributed by atoms with Crippen molar-refractivity contribution in [2.45, 2.75) is 26.0 Å². The molecule has 1 atom stereocenters. The Morgan fingerprint density at radius 3 is 3.06 bits per heavy atom. The number of aliphatic hydroxyl groups is 1. The molecule has 1 N–H and O–H groups in total. The maximum Gasteiger partial charge on any atom is 0.136 e. The van der Waals surface area contributed by atoms with Crippen LogP contribution in [0, 0.1) is 0 Å². The maximum absolute atomic E-state index is 9.25. The molecule has 2 rings (SSSR count). The van der Waals surface area contributed by atoms with E-state index in [-0.39, 0.29) is 6.10 Å². The van der Waals surface area contributed by atoms with E-state index < -0.39 is 0 Å². The van der Waals surface area contributed by atoms with E-state index in [2.05, 4.69) is 21.3 Å². The molecule has 17 heavy (non-hydrogen) atoms. The summed E-state index contributed by atoms with van der Waals surface area (Å²) in [6, 6.07) is 6.00. The average Bonchev–Trinajstić information content (AvgIpc) is 2.70. The Morgan fingerprint density at radius 1 is 1.47 bits per heavy atom. The maximum atomic E-state index is 9.25. The van der Waals surface area contributed by atoms with Crippen LogP contribution in [0.3, 0.4) is 0 Å². The second-order valence-corrected chi connectivity index (χ2v) is 4.55. The van der Waals surface area contributed by atoms with Gasteiger partial charge in [0.15, 0.2) is 0 Å².